The van der Waals surface area contributed by atoms with Gasteiger partial charge >= 0.3 is 0 Å². The number of aryl methyl sites for hydroxylation is 1. The summed E-state index contributed by atoms with van der Waals surface area (Å²) in [4.78, 5) is 5.24. The Morgan fingerprint density at radius 3 is 2.64 bits per heavy atom. The molecule has 14 heavy (non-hydrogen) atoms. The molecule has 1 unspecified atom stereocenters. The summed E-state index contributed by atoms with van der Waals surface area (Å²) < 4.78 is 15.2. The Balaban J connectivity index is 2.65. The minimum absolute atomic E-state index is 0.303. The average molecular weight is 230 g/mol. The molecule has 0 saturated heterocycles. The number of aromatic nitrogens is 1. The molecule has 78 valence electrons. The first-order valence-electron chi connectivity index (χ1n) is 4.28. The van der Waals surface area contributed by atoms with Crippen LogP contribution in [-0.4, -0.2) is 20.5 Å². The Kier molecular flexibility index (Phi) is 3.69. The first kappa shape index (κ1) is 11.7. The minimum atomic E-state index is -1.19. The van der Waals surface area contributed by atoms with Gasteiger partial charge in [-0.1, -0.05) is 4.40 Å². The summed E-state index contributed by atoms with van der Waals surface area (Å²) in [6.45, 7) is 7.67. The molecule has 0 aliphatic carbocycles. The first-order chi connectivity index (χ1) is 6.39. The molecule has 1 rings (SSSR count). The number of rotatable bonds is 2. The fraction of sp³-hybridized carbons (Fsp3) is 0.556. The van der Waals surface area contributed by atoms with Crippen LogP contribution in [0.15, 0.2) is 10.6 Å². The number of thiazole rings is 1. The van der Waals surface area contributed by atoms with E-state index in [2.05, 4.69) is 9.38 Å². The Morgan fingerprint density at radius 2 is 2.21 bits per heavy atom. The Bertz CT molecular complexity index is 328. The van der Waals surface area contributed by atoms with Gasteiger partial charge in [-0.25, -0.2) is 4.98 Å². The summed E-state index contributed by atoms with van der Waals surface area (Å²) in [5, 5.41) is 0.806. The maximum absolute atomic E-state index is 11.5. The monoisotopic (exact) mass is 230 g/mol. The molecule has 0 fully saturated rings. The van der Waals surface area contributed by atoms with E-state index in [1.54, 1.807) is 23.7 Å². The largest absolute Gasteiger partial charge is 0.591 e. The van der Waals surface area contributed by atoms with Crippen molar-refractivity contribution in [3.05, 3.63) is 16.1 Å². The standard InChI is InChI=1S/C9H14N2OS2/c1-7-5-10-8(13-7)6-11-14(12)9(2,3)4/h5-6H,1-4H3/b11-6+. The molecule has 0 bridgehead atoms. The molecule has 0 aromatic carbocycles. The maximum Gasteiger partial charge on any atom is 0.144 e. The van der Waals surface area contributed by atoms with Crippen molar-refractivity contribution in [1.29, 1.82) is 0 Å². The second kappa shape index (κ2) is 4.42. The van der Waals surface area contributed by atoms with Gasteiger partial charge in [0.15, 0.2) is 0 Å². The molecule has 1 aromatic heterocycles. The van der Waals surface area contributed by atoms with Crippen molar-refractivity contribution in [2.45, 2.75) is 32.4 Å². The molecule has 0 amide bonds. The highest BCUT2D eigenvalue weighted by Crippen LogP contribution is 2.17. The van der Waals surface area contributed by atoms with Crippen LogP contribution in [0, 0.1) is 6.92 Å². The van der Waals surface area contributed by atoms with E-state index in [4.69, 9.17) is 0 Å². The molecule has 0 aliphatic heterocycles. The predicted molar refractivity (Wildman–Crippen MR) is 62.3 cm³/mol. The zero-order chi connectivity index (χ0) is 10.8. The van der Waals surface area contributed by atoms with Crippen LogP contribution in [0.1, 0.15) is 30.7 Å². The number of hydrogen-bond donors (Lipinski definition) is 0. The van der Waals surface area contributed by atoms with Gasteiger partial charge in [0.05, 0.1) is 0 Å². The predicted octanol–water partition coefficient (Wildman–Crippen LogP) is 2.33. The van der Waals surface area contributed by atoms with E-state index in [0.717, 1.165) is 9.88 Å². The summed E-state index contributed by atoms with van der Waals surface area (Å²) in [6, 6.07) is 0. The van der Waals surface area contributed by atoms with E-state index in [9.17, 15) is 4.55 Å². The second-order valence-electron chi connectivity index (χ2n) is 3.91. The lowest BCUT2D eigenvalue weighted by Crippen LogP contribution is -2.25. The zero-order valence-electron chi connectivity index (χ0n) is 8.77. The molecule has 3 nitrogen and oxygen atoms in total. The van der Waals surface area contributed by atoms with Crippen LogP contribution in [0.5, 0.6) is 0 Å². The van der Waals surface area contributed by atoms with E-state index in [1.165, 1.54) is 0 Å². The lowest BCUT2D eigenvalue weighted by molar-refractivity contribution is 0.562. The molecule has 0 N–H and O–H groups in total. The summed E-state index contributed by atoms with van der Waals surface area (Å²) in [5.41, 5.74) is 0. The summed E-state index contributed by atoms with van der Waals surface area (Å²) in [5.74, 6) is 0. The van der Waals surface area contributed by atoms with Gasteiger partial charge in [-0.15, -0.1) is 11.3 Å². The lowest BCUT2D eigenvalue weighted by atomic mass is 10.3. The third-order valence-corrected chi connectivity index (χ3v) is 3.61. The molecule has 1 heterocycles. The van der Waals surface area contributed by atoms with Crippen LogP contribution in [0.25, 0.3) is 0 Å². The van der Waals surface area contributed by atoms with Gasteiger partial charge in [0.2, 0.25) is 0 Å². The molecule has 0 saturated carbocycles. The van der Waals surface area contributed by atoms with Crippen LogP contribution in [0.4, 0.5) is 0 Å². The van der Waals surface area contributed by atoms with Crippen LogP contribution in [0.3, 0.4) is 0 Å². The molecule has 5 heteroatoms. The first-order valence-corrected chi connectivity index (χ1v) is 6.20. The van der Waals surface area contributed by atoms with E-state index < -0.39 is 11.4 Å². The third-order valence-electron chi connectivity index (χ3n) is 1.42. The molecular formula is C9H14N2OS2. The van der Waals surface area contributed by atoms with Crippen molar-refractivity contribution in [1.82, 2.24) is 4.98 Å². The van der Waals surface area contributed by atoms with Gasteiger partial charge in [-0.05, 0) is 27.7 Å². The Morgan fingerprint density at radius 1 is 1.57 bits per heavy atom. The number of hydrogen-bond acceptors (Lipinski definition) is 4. The van der Waals surface area contributed by atoms with E-state index >= 15 is 0 Å². The molecule has 1 atom stereocenters. The van der Waals surface area contributed by atoms with Crippen molar-refractivity contribution in [3.8, 4) is 0 Å². The van der Waals surface area contributed by atoms with Crippen molar-refractivity contribution in [2.75, 3.05) is 0 Å². The van der Waals surface area contributed by atoms with Gasteiger partial charge in [-0.3, -0.25) is 0 Å². The number of nitrogens with zero attached hydrogens (tertiary/aromatic N) is 2. The minimum Gasteiger partial charge on any atom is -0.591 e. The van der Waals surface area contributed by atoms with E-state index in [0.29, 0.717) is 0 Å². The van der Waals surface area contributed by atoms with Gasteiger partial charge in [0.25, 0.3) is 0 Å². The molecule has 0 radical (unpaired) electrons. The fourth-order valence-electron chi connectivity index (χ4n) is 0.683. The average Bonchev–Trinajstić information content (AvgIpc) is 2.45. The Labute approximate surface area is 91.6 Å². The maximum atomic E-state index is 11.5. The normalized spacial score (nSPS) is 14.9. The van der Waals surface area contributed by atoms with Crippen LogP contribution >= 0.6 is 11.3 Å². The van der Waals surface area contributed by atoms with Crippen molar-refractivity contribution < 1.29 is 4.55 Å². The third kappa shape index (κ3) is 3.40. The fourth-order valence-corrected chi connectivity index (χ4v) is 1.91. The smallest absolute Gasteiger partial charge is 0.144 e. The quantitative estimate of drug-likeness (QED) is 0.578. The van der Waals surface area contributed by atoms with Crippen molar-refractivity contribution in [2.24, 2.45) is 4.40 Å². The highest BCUT2D eigenvalue weighted by Gasteiger charge is 2.25. The lowest BCUT2D eigenvalue weighted by Gasteiger charge is -2.17. The van der Waals surface area contributed by atoms with E-state index in [-0.39, 0.29) is 4.75 Å². The van der Waals surface area contributed by atoms with E-state index in [1.807, 2.05) is 27.7 Å². The second-order valence-corrected chi connectivity index (χ2v) is 7.11. The highest BCUT2D eigenvalue weighted by atomic mass is 32.2. The van der Waals surface area contributed by atoms with Crippen molar-refractivity contribution in [3.63, 3.8) is 0 Å². The zero-order valence-corrected chi connectivity index (χ0v) is 10.4. The molecule has 0 spiro atoms. The summed E-state index contributed by atoms with van der Waals surface area (Å²) >= 11 is 0.353. The van der Waals surface area contributed by atoms with Crippen LogP contribution in [-0.2, 0) is 11.4 Å². The molecule has 0 aliphatic rings. The van der Waals surface area contributed by atoms with Gasteiger partial charge < -0.3 is 4.55 Å². The summed E-state index contributed by atoms with van der Waals surface area (Å²) in [7, 11) is 0. The van der Waals surface area contributed by atoms with Gasteiger partial charge in [-0.2, -0.15) is 0 Å². The Hall–Kier alpha value is -0.390. The van der Waals surface area contributed by atoms with Crippen molar-refractivity contribution >= 4 is 28.9 Å². The SMILES string of the molecule is Cc1cnc(/C=N/[S+]([O-])C(C)(C)C)s1. The van der Waals surface area contributed by atoms with Gasteiger partial charge in [0, 0.05) is 11.1 Å². The van der Waals surface area contributed by atoms with Gasteiger partial charge in [0.1, 0.15) is 27.3 Å². The molecule has 1 aromatic rings. The summed E-state index contributed by atoms with van der Waals surface area (Å²) in [6.07, 6.45) is 3.37. The molecular weight excluding hydrogens is 216 g/mol. The topological polar surface area (TPSA) is 48.3 Å². The highest BCUT2D eigenvalue weighted by molar-refractivity contribution is 7.91. The van der Waals surface area contributed by atoms with Crippen LogP contribution in [0.2, 0.25) is 0 Å². The van der Waals surface area contributed by atoms with Crippen LogP contribution < -0.4 is 0 Å².